The number of carbonyl (C=O) groups is 2. The molecule has 7 heteroatoms. The van der Waals surface area contributed by atoms with Crippen molar-refractivity contribution in [3.05, 3.63) is 16.6 Å². The monoisotopic (exact) mass is 304 g/mol. The van der Waals surface area contributed by atoms with Crippen molar-refractivity contribution in [1.82, 2.24) is 10.3 Å². The van der Waals surface area contributed by atoms with Crippen molar-refractivity contribution in [2.75, 3.05) is 6.54 Å². The SMILES string of the molecule is CC1C(C)[C@H](C(=O)NCCc2nccs2)[C@@H]1C(=O)[O-].[Na+]. The average Bonchev–Trinajstić information content (AvgIpc) is 2.86. The predicted molar refractivity (Wildman–Crippen MR) is 69.1 cm³/mol. The van der Waals surface area contributed by atoms with Crippen molar-refractivity contribution in [2.24, 2.45) is 23.7 Å². The number of nitrogens with one attached hydrogen (secondary N) is 1. The normalized spacial score (nSPS) is 28.1. The van der Waals surface area contributed by atoms with Crippen LogP contribution < -0.4 is 40.0 Å². The summed E-state index contributed by atoms with van der Waals surface area (Å²) < 4.78 is 0. The van der Waals surface area contributed by atoms with Gasteiger partial charge in [0.05, 0.1) is 5.01 Å². The van der Waals surface area contributed by atoms with E-state index >= 15 is 0 Å². The Labute approximate surface area is 144 Å². The maximum absolute atomic E-state index is 12.0. The van der Waals surface area contributed by atoms with Crippen molar-refractivity contribution in [3.8, 4) is 0 Å². The Hall–Kier alpha value is -0.430. The number of hydrogen-bond donors (Lipinski definition) is 1. The van der Waals surface area contributed by atoms with Crippen molar-refractivity contribution in [1.29, 1.82) is 0 Å². The average molecular weight is 304 g/mol. The number of amides is 1. The molecular weight excluding hydrogens is 287 g/mol. The Kier molecular flexibility index (Phi) is 6.64. The van der Waals surface area contributed by atoms with E-state index in [0.717, 1.165) is 5.01 Å². The van der Waals surface area contributed by atoms with E-state index in [4.69, 9.17) is 0 Å². The summed E-state index contributed by atoms with van der Waals surface area (Å²) in [5.74, 6) is -2.34. The van der Waals surface area contributed by atoms with Gasteiger partial charge < -0.3 is 15.2 Å². The second-order valence-electron chi connectivity index (χ2n) is 5.06. The zero-order chi connectivity index (χ0) is 14.0. The minimum absolute atomic E-state index is 0. The van der Waals surface area contributed by atoms with Crippen molar-refractivity contribution in [3.63, 3.8) is 0 Å². The van der Waals surface area contributed by atoms with Gasteiger partial charge in [-0.05, 0) is 11.8 Å². The molecule has 1 aliphatic rings. The van der Waals surface area contributed by atoms with Crippen LogP contribution in [0.3, 0.4) is 0 Å². The molecule has 0 spiro atoms. The summed E-state index contributed by atoms with van der Waals surface area (Å²) in [4.78, 5) is 27.1. The molecular formula is C13H17N2NaO3S. The Bertz CT molecular complexity index is 466. The molecule has 0 radical (unpaired) electrons. The third-order valence-electron chi connectivity index (χ3n) is 4.05. The van der Waals surface area contributed by atoms with Crippen molar-refractivity contribution < 1.29 is 44.3 Å². The van der Waals surface area contributed by atoms with Crippen LogP contribution in [-0.2, 0) is 16.0 Å². The minimum Gasteiger partial charge on any atom is -0.550 e. The summed E-state index contributed by atoms with van der Waals surface area (Å²) in [6.07, 6.45) is 2.40. The molecule has 5 nitrogen and oxygen atoms in total. The molecule has 2 unspecified atom stereocenters. The van der Waals surface area contributed by atoms with Crippen LogP contribution in [0.4, 0.5) is 0 Å². The van der Waals surface area contributed by atoms with E-state index in [1.165, 1.54) is 0 Å². The fraction of sp³-hybridized carbons (Fsp3) is 0.615. The first kappa shape index (κ1) is 17.6. The second kappa shape index (κ2) is 7.54. The first-order valence-electron chi connectivity index (χ1n) is 6.39. The van der Waals surface area contributed by atoms with Gasteiger partial charge in [-0.25, -0.2) is 4.98 Å². The fourth-order valence-electron chi connectivity index (χ4n) is 2.71. The molecule has 20 heavy (non-hydrogen) atoms. The van der Waals surface area contributed by atoms with Gasteiger partial charge in [0.1, 0.15) is 0 Å². The van der Waals surface area contributed by atoms with Gasteiger partial charge in [0.25, 0.3) is 0 Å². The van der Waals surface area contributed by atoms with Crippen LogP contribution in [0.15, 0.2) is 11.6 Å². The van der Waals surface area contributed by atoms with Crippen molar-refractivity contribution >= 4 is 23.2 Å². The van der Waals surface area contributed by atoms with Gasteiger partial charge >= 0.3 is 29.6 Å². The standard InChI is InChI=1S/C13H18N2O3S.Na/c1-7-8(2)11(13(17)18)10(7)12(16)15-4-3-9-14-5-6-19-9;/h5-8,10-11H,3-4H2,1-2H3,(H,15,16)(H,17,18);/q;+1/p-1/t7?,8?,10-,11+;/m0./s1. The zero-order valence-corrected chi connectivity index (χ0v) is 14.8. The van der Waals surface area contributed by atoms with Crippen LogP contribution in [0.5, 0.6) is 0 Å². The van der Waals surface area contributed by atoms with E-state index in [1.54, 1.807) is 17.5 Å². The molecule has 1 N–H and O–H groups in total. The summed E-state index contributed by atoms with van der Waals surface area (Å²) in [6.45, 7) is 4.25. The first-order chi connectivity index (χ1) is 9.02. The molecule has 0 aromatic carbocycles. The van der Waals surface area contributed by atoms with E-state index in [9.17, 15) is 14.7 Å². The van der Waals surface area contributed by atoms with Crippen LogP contribution >= 0.6 is 11.3 Å². The number of aromatic nitrogens is 1. The molecule has 1 fully saturated rings. The van der Waals surface area contributed by atoms with Gasteiger partial charge in [-0.1, -0.05) is 13.8 Å². The molecule has 4 atom stereocenters. The summed E-state index contributed by atoms with van der Waals surface area (Å²) >= 11 is 1.54. The molecule has 1 aromatic rings. The second-order valence-corrected chi connectivity index (χ2v) is 6.03. The third kappa shape index (κ3) is 3.61. The first-order valence-corrected chi connectivity index (χ1v) is 7.27. The summed E-state index contributed by atoms with van der Waals surface area (Å²) in [6, 6.07) is 0. The number of carbonyl (C=O) groups excluding carboxylic acids is 2. The largest absolute Gasteiger partial charge is 1.00 e. The Morgan fingerprint density at radius 1 is 1.35 bits per heavy atom. The van der Waals surface area contributed by atoms with Crippen LogP contribution in [-0.4, -0.2) is 23.4 Å². The molecule has 1 heterocycles. The quantitative estimate of drug-likeness (QED) is 0.591. The number of thiazole rings is 1. The zero-order valence-electron chi connectivity index (χ0n) is 12.0. The number of rotatable bonds is 5. The Morgan fingerprint density at radius 3 is 2.55 bits per heavy atom. The van der Waals surface area contributed by atoms with Gasteiger partial charge in [-0.3, -0.25) is 4.79 Å². The Morgan fingerprint density at radius 2 is 2.00 bits per heavy atom. The fourth-order valence-corrected chi connectivity index (χ4v) is 3.33. The van der Waals surface area contributed by atoms with Gasteiger partial charge in [-0.15, -0.1) is 11.3 Å². The molecule has 0 bridgehead atoms. The van der Waals surface area contributed by atoms with Crippen LogP contribution in [0.25, 0.3) is 0 Å². The third-order valence-corrected chi connectivity index (χ3v) is 4.89. The smallest absolute Gasteiger partial charge is 0.550 e. The number of hydrogen-bond acceptors (Lipinski definition) is 5. The summed E-state index contributed by atoms with van der Waals surface area (Å²) in [7, 11) is 0. The van der Waals surface area contributed by atoms with E-state index in [0.29, 0.717) is 13.0 Å². The van der Waals surface area contributed by atoms with Gasteiger partial charge in [0.2, 0.25) is 5.91 Å². The molecule has 1 saturated carbocycles. The van der Waals surface area contributed by atoms with Crippen LogP contribution in [0, 0.1) is 23.7 Å². The number of aliphatic carboxylic acids is 1. The molecule has 1 amide bonds. The van der Waals surface area contributed by atoms with E-state index < -0.39 is 17.8 Å². The van der Waals surface area contributed by atoms with Gasteiger partial charge in [-0.2, -0.15) is 0 Å². The van der Waals surface area contributed by atoms with Gasteiger partial charge in [0.15, 0.2) is 0 Å². The number of carboxylic acids is 1. The van der Waals surface area contributed by atoms with Gasteiger partial charge in [0, 0.05) is 42.3 Å². The van der Waals surface area contributed by atoms with E-state index in [2.05, 4.69) is 10.3 Å². The van der Waals surface area contributed by atoms with E-state index in [-0.39, 0.29) is 47.3 Å². The molecule has 104 valence electrons. The number of carboxylic acid groups (broad SMARTS) is 1. The van der Waals surface area contributed by atoms with E-state index in [1.807, 2.05) is 19.2 Å². The summed E-state index contributed by atoms with van der Waals surface area (Å²) in [5.41, 5.74) is 0. The van der Waals surface area contributed by atoms with Crippen LogP contribution in [0.2, 0.25) is 0 Å². The van der Waals surface area contributed by atoms with Crippen molar-refractivity contribution in [2.45, 2.75) is 20.3 Å². The summed E-state index contributed by atoms with van der Waals surface area (Å²) in [5, 5.41) is 16.7. The molecule has 0 aliphatic heterocycles. The Balaban J connectivity index is 0.00000200. The maximum Gasteiger partial charge on any atom is 1.00 e. The minimum atomic E-state index is -1.12. The molecule has 0 saturated heterocycles. The molecule has 2 rings (SSSR count). The topological polar surface area (TPSA) is 82.1 Å². The number of nitrogens with zero attached hydrogens (tertiary/aromatic N) is 1. The maximum atomic E-state index is 12.0. The molecule has 1 aliphatic carbocycles. The predicted octanol–water partition coefficient (Wildman–Crippen LogP) is -2.93. The molecule has 1 aromatic heterocycles. The van der Waals surface area contributed by atoms with Crippen LogP contribution in [0.1, 0.15) is 18.9 Å².